The van der Waals surface area contributed by atoms with Crippen molar-refractivity contribution in [3.63, 3.8) is 0 Å². The second-order valence-corrected chi connectivity index (χ2v) is 12.8. The van der Waals surface area contributed by atoms with Crippen molar-refractivity contribution in [3.05, 3.63) is 105 Å². The van der Waals surface area contributed by atoms with Crippen LogP contribution in [0.4, 0.5) is 0 Å². The molecule has 7 heteroatoms. The Morgan fingerprint density at radius 3 is 2.05 bits per heavy atom. The van der Waals surface area contributed by atoms with E-state index in [1.54, 1.807) is 12.1 Å². The third-order valence-electron chi connectivity index (χ3n) is 7.45. The van der Waals surface area contributed by atoms with Gasteiger partial charge in [0.1, 0.15) is 0 Å². The Labute approximate surface area is 247 Å². The van der Waals surface area contributed by atoms with Gasteiger partial charge in [-0.3, -0.25) is 0 Å². The molecule has 4 aromatic carbocycles. The Hall–Kier alpha value is -3.52. The van der Waals surface area contributed by atoms with Gasteiger partial charge in [0, 0.05) is 0 Å². The number of fused-ring (bicyclic) bond motifs is 5. The Balaban J connectivity index is 1.74. The third-order valence-corrected chi connectivity index (χ3v) is 10.5. The molecule has 0 N–H and O–H groups in total. The van der Waals surface area contributed by atoms with Crippen LogP contribution in [0.2, 0.25) is 10.0 Å². The van der Waals surface area contributed by atoms with Crippen LogP contribution in [-0.2, 0) is 31.9 Å². The molecular weight excluding hydrogens is 610 g/mol. The van der Waals surface area contributed by atoms with Gasteiger partial charge in [-0.1, -0.05) is 0 Å². The van der Waals surface area contributed by atoms with E-state index in [4.69, 9.17) is 32.7 Å². The van der Waals surface area contributed by atoms with E-state index in [1.165, 1.54) is 22.7 Å². The Morgan fingerprint density at radius 1 is 0.800 bits per heavy atom. The van der Waals surface area contributed by atoms with Gasteiger partial charge in [0.05, 0.1) is 0 Å². The number of methoxy groups -OCH3 is 2. The molecule has 0 spiro atoms. The zero-order valence-corrected chi connectivity index (χ0v) is 24.9. The number of benzene rings is 4. The van der Waals surface area contributed by atoms with Crippen LogP contribution >= 0.6 is 23.2 Å². The van der Waals surface area contributed by atoms with Gasteiger partial charge in [-0.05, 0) is 0 Å². The van der Waals surface area contributed by atoms with Gasteiger partial charge in [0.25, 0.3) is 0 Å². The Morgan fingerprint density at radius 2 is 1.40 bits per heavy atom. The van der Waals surface area contributed by atoms with Crippen molar-refractivity contribution in [1.82, 2.24) is 0 Å². The molecular formula is C33H22Cl2O4Se. The summed E-state index contributed by atoms with van der Waals surface area (Å²) in [6, 6.07) is 23.4. The van der Waals surface area contributed by atoms with E-state index < -0.39 is 17.4 Å². The molecule has 0 aliphatic heterocycles. The number of hydrogen-bond acceptors (Lipinski definition) is 4. The van der Waals surface area contributed by atoms with Crippen LogP contribution in [0.3, 0.4) is 0 Å². The van der Waals surface area contributed by atoms with Crippen molar-refractivity contribution in [3.8, 4) is 23.0 Å². The first-order chi connectivity index (χ1) is 19.4. The quantitative estimate of drug-likeness (QED) is 0.0945. The molecule has 0 fully saturated rings. The number of esters is 2. The summed E-state index contributed by atoms with van der Waals surface area (Å²) < 4.78 is 12.8. The number of carbonyl (C=O) groups is 2. The van der Waals surface area contributed by atoms with Gasteiger partial charge in [-0.15, -0.1) is 0 Å². The van der Waals surface area contributed by atoms with Gasteiger partial charge < -0.3 is 0 Å². The molecule has 6 rings (SSSR count). The van der Waals surface area contributed by atoms with Crippen LogP contribution in [0.15, 0.2) is 72.8 Å². The average molecular weight is 632 g/mol. The number of ether oxygens (including phenoxy) is 2. The first-order valence-electron chi connectivity index (χ1n) is 12.6. The van der Waals surface area contributed by atoms with E-state index in [1.807, 2.05) is 48.5 Å². The van der Waals surface area contributed by atoms with Crippen LogP contribution in [-0.4, -0.2) is 40.7 Å². The van der Waals surface area contributed by atoms with E-state index in [0.717, 1.165) is 44.2 Å². The monoisotopic (exact) mass is 632 g/mol. The number of carbonyl (C=O) groups excluding carboxylic acids is 2. The Bertz CT molecular complexity index is 1860. The predicted molar refractivity (Wildman–Crippen MR) is 160 cm³/mol. The number of hydrogen-bond donors (Lipinski definition) is 0. The molecule has 0 saturated heterocycles. The fourth-order valence-electron chi connectivity index (χ4n) is 5.59. The summed E-state index contributed by atoms with van der Waals surface area (Å²) in [5.41, 5.74) is 3.92. The summed E-state index contributed by atoms with van der Waals surface area (Å²) >= 11 is 12.4. The number of rotatable bonds is 3. The van der Waals surface area contributed by atoms with Crippen LogP contribution in [0.1, 0.15) is 22.3 Å². The van der Waals surface area contributed by atoms with Crippen molar-refractivity contribution >= 4 is 68.9 Å². The molecule has 0 unspecified atom stereocenters. The van der Waals surface area contributed by atoms with E-state index in [2.05, 4.69) is 24.0 Å². The van der Waals surface area contributed by atoms with Gasteiger partial charge in [0.2, 0.25) is 0 Å². The zero-order valence-electron chi connectivity index (χ0n) is 21.6. The van der Waals surface area contributed by atoms with Crippen molar-refractivity contribution < 1.29 is 19.1 Å². The van der Waals surface area contributed by atoms with Gasteiger partial charge >= 0.3 is 249 Å². The van der Waals surface area contributed by atoms with Crippen molar-refractivity contribution in [2.45, 2.75) is 12.8 Å². The SMILES string of the molecule is COC(=O)C1(C(=O)OC)Cc2c(C#Cc3ccc(Cl)cc3)c(-c3ccc(Cl)cc3)c3c([se]c4ccccc43)c2C1. The van der Waals surface area contributed by atoms with E-state index in [9.17, 15) is 9.59 Å². The molecule has 40 heavy (non-hydrogen) atoms. The molecule has 0 atom stereocenters. The third kappa shape index (κ3) is 4.33. The molecule has 4 nitrogen and oxygen atoms in total. The van der Waals surface area contributed by atoms with Crippen molar-refractivity contribution in [2.75, 3.05) is 14.2 Å². The molecule has 1 heterocycles. The minimum absolute atomic E-state index is 0.0261. The fourth-order valence-corrected chi connectivity index (χ4v) is 8.53. The van der Waals surface area contributed by atoms with Gasteiger partial charge in [-0.2, -0.15) is 0 Å². The summed E-state index contributed by atoms with van der Waals surface area (Å²) in [4.78, 5) is 26.5. The first kappa shape index (κ1) is 26.7. The molecule has 0 bridgehead atoms. The van der Waals surface area contributed by atoms with Crippen LogP contribution in [0, 0.1) is 17.3 Å². The molecule has 0 radical (unpaired) electrons. The summed E-state index contributed by atoms with van der Waals surface area (Å²) in [7, 11) is 2.61. The normalized spacial score (nSPS) is 13.5. The van der Waals surface area contributed by atoms with E-state index in [0.29, 0.717) is 10.0 Å². The van der Waals surface area contributed by atoms with Crippen LogP contribution in [0.5, 0.6) is 0 Å². The second kappa shape index (κ2) is 10.5. The molecule has 0 saturated carbocycles. The van der Waals surface area contributed by atoms with E-state index >= 15 is 0 Å². The summed E-state index contributed by atoms with van der Waals surface area (Å²) in [5, 5.41) is 3.51. The van der Waals surface area contributed by atoms with E-state index in [-0.39, 0.29) is 27.3 Å². The fraction of sp³-hybridized carbons (Fsp3) is 0.152. The molecule has 1 aliphatic carbocycles. The minimum atomic E-state index is -1.47. The topological polar surface area (TPSA) is 52.6 Å². The van der Waals surface area contributed by atoms with Crippen molar-refractivity contribution in [2.24, 2.45) is 5.41 Å². The summed E-state index contributed by atoms with van der Waals surface area (Å²) in [6.07, 6.45) is 0.350. The summed E-state index contributed by atoms with van der Waals surface area (Å²) in [6.45, 7) is 0. The van der Waals surface area contributed by atoms with Crippen LogP contribution < -0.4 is 0 Å². The maximum atomic E-state index is 13.3. The zero-order chi connectivity index (χ0) is 28.0. The van der Waals surface area contributed by atoms with Gasteiger partial charge in [-0.25, -0.2) is 0 Å². The first-order valence-corrected chi connectivity index (χ1v) is 15.0. The molecule has 1 aliphatic rings. The molecule has 1 aromatic heterocycles. The van der Waals surface area contributed by atoms with Gasteiger partial charge in [0.15, 0.2) is 0 Å². The summed E-state index contributed by atoms with van der Waals surface area (Å²) in [5.74, 6) is 5.56. The average Bonchev–Trinajstić information content (AvgIpc) is 3.57. The molecule has 198 valence electrons. The Kier molecular flexibility index (Phi) is 6.98. The van der Waals surface area contributed by atoms with Crippen LogP contribution in [0.25, 0.3) is 30.4 Å². The van der Waals surface area contributed by atoms with Crippen molar-refractivity contribution in [1.29, 1.82) is 0 Å². The standard InChI is InChI=1S/C33H22Cl2O4Se/c1-38-31(36)33(32(37)39-2)17-25-23(16-9-19-7-12-21(34)13-8-19)28(20-10-14-22(35)15-11-20)29-24-5-3-4-6-27(24)40-30(29)26(25)18-33/h3-8,10-15H,17-18H2,1-2H3. The second-order valence-electron chi connectivity index (χ2n) is 9.69. The predicted octanol–water partition coefficient (Wildman–Crippen LogP) is 6.85. The maximum absolute atomic E-state index is 13.3. The molecule has 5 aromatic rings. The molecule has 0 amide bonds. The number of halogens is 2.